The number of esters is 1. The molecule has 11 nitrogen and oxygen atoms in total. The van der Waals surface area contributed by atoms with E-state index >= 15 is 0 Å². The molecule has 0 fully saturated rings. The summed E-state index contributed by atoms with van der Waals surface area (Å²) in [6, 6.07) is 15.3. The minimum atomic E-state index is -0.840. The van der Waals surface area contributed by atoms with E-state index in [-0.39, 0.29) is 36.7 Å². The predicted octanol–water partition coefficient (Wildman–Crippen LogP) is 1.07. The molecule has 0 aliphatic heterocycles. The maximum absolute atomic E-state index is 11.1. The molecule has 0 unspecified atom stereocenters. The first-order valence-electron chi connectivity index (χ1n) is 12.6. The Bertz CT molecular complexity index is 1380. The molecule has 12 heteroatoms. The van der Waals surface area contributed by atoms with Crippen molar-refractivity contribution >= 4 is 11.9 Å². The van der Waals surface area contributed by atoms with Crippen LogP contribution < -0.4 is 18.9 Å². The van der Waals surface area contributed by atoms with Gasteiger partial charge in [0.2, 0.25) is 0 Å². The number of nitrogens with zero attached hydrogens (tertiary/aromatic N) is 4. The summed E-state index contributed by atoms with van der Waals surface area (Å²) in [7, 11) is 1.37. The maximum Gasteiger partial charge on any atom is 1.00 e. The van der Waals surface area contributed by atoms with Crippen LogP contribution in [0, 0.1) is 0 Å². The molecule has 4 N–H and O–H groups in total. The summed E-state index contributed by atoms with van der Waals surface area (Å²) in [6.07, 6.45) is 6.47. The number of hydrogen-bond acceptors (Lipinski definition) is 8. The first kappa shape index (κ1) is 35.3. The van der Waals surface area contributed by atoms with Crippen molar-refractivity contribution in [3.63, 3.8) is 0 Å². The van der Waals surface area contributed by atoms with Gasteiger partial charge in [-0.25, -0.2) is 0 Å². The van der Waals surface area contributed by atoms with Crippen LogP contribution in [0.25, 0.3) is 22.3 Å². The normalized spacial score (nSPS) is 11.6. The number of carboxylic acid groups (broad SMARTS) is 1. The number of benzene rings is 2. The number of aromatic nitrogens is 4. The SMILES string of the molecule is COC(=O)CCn1cc(-c2cccc([C@@H](C)O)c2)cn1.C[C@@H](O)c1cccc(-c2cnn(CCC(=O)O)c2)c1.[Li+].[OH-]. The first-order chi connectivity index (χ1) is 18.7. The van der Waals surface area contributed by atoms with Gasteiger partial charge < -0.3 is 25.5 Å². The smallest absolute Gasteiger partial charge is 0.870 e. The van der Waals surface area contributed by atoms with E-state index in [4.69, 9.17) is 5.11 Å². The molecule has 41 heavy (non-hydrogen) atoms. The molecule has 4 rings (SSSR count). The van der Waals surface area contributed by atoms with Gasteiger partial charge in [0, 0.05) is 23.5 Å². The molecule has 0 spiro atoms. The predicted molar refractivity (Wildman–Crippen MR) is 147 cm³/mol. The van der Waals surface area contributed by atoms with Crippen LogP contribution >= 0.6 is 0 Å². The molecule has 0 aliphatic rings. The minimum Gasteiger partial charge on any atom is -0.870 e. The van der Waals surface area contributed by atoms with Gasteiger partial charge in [0.1, 0.15) is 0 Å². The molecular formula is C29H35LiN4O7. The van der Waals surface area contributed by atoms with Crippen LogP contribution in [0.15, 0.2) is 73.3 Å². The summed E-state index contributed by atoms with van der Waals surface area (Å²) >= 11 is 0. The van der Waals surface area contributed by atoms with Crippen LogP contribution in [0.1, 0.15) is 50.0 Å². The van der Waals surface area contributed by atoms with Crippen LogP contribution in [0.2, 0.25) is 0 Å². The molecule has 0 radical (unpaired) electrons. The van der Waals surface area contributed by atoms with Crippen LogP contribution in [-0.2, 0) is 27.4 Å². The first-order valence-corrected chi connectivity index (χ1v) is 12.6. The van der Waals surface area contributed by atoms with Gasteiger partial charge in [0.15, 0.2) is 0 Å². The van der Waals surface area contributed by atoms with E-state index in [2.05, 4.69) is 14.9 Å². The number of methoxy groups -OCH3 is 1. The van der Waals surface area contributed by atoms with Crippen molar-refractivity contribution in [2.45, 2.75) is 52.0 Å². The number of carboxylic acids is 1. The third-order valence-corrected chi connectivity index (χ3v) is 6.00. The van der Waals surface area contributed by atoms with Gasteiger partial charge in [0.25, 0.3) is 0 Å². The molecule has 0 saturated heterocycles. The van der Waals surface area contributed by atoms with Gasteiger partial charge in [-0.3, -0.25) is 19.0 Å². The average molecular weight is 559 g/mol. The number of carbonyl (C=O) groups is 2. The molecular weight excluding hydrogens is 523 g/mol. The Balaban J connectivity index is 0.000000391. The van der Waals surface area contributed by atoms with Crippen LogP contribution in [0.4, 0.5) is 0 Å². The van der Waals surface area contributed by atoms with Crippen molar-refractivity contribution in [1.29, 1.82) is 0 Å². The van der Waals surface area contributed by atoms with Crippen molar-refractivity contribution in [3.05, 3.63) is 84.4 Å². The van der Waals surface area contributed by atoms with E-state index in [0.29, 0.717) is 19.5 Å². The number of ether oxygens (including phenoxy) is 1. The van der Waals surface area contributed by atoms with Crippen molar-refractivity contribution in [1.82, 2.24) is 19.6 Å². The molecule has 0 bridgehead atoms. The van der Waals surface area contributed by atoms with Crippen molar-refractivity contribution in [3.8, 4) is 22.3 Å². The van der Waals surface area contributed by atoms with Gasteiger partial charge in [0.05, 0.1) is 57.6 Å². The standard InChI is InChI=1S/C15H18N2O3.C14H16N2O3.Li.H2O/c1-11(18)12-4-3-5-13(8-12)14-9-16-17(10-14)7-6-15(19)20-2;1-10(17)11-3-2-4-12(7-11)13-8-15-16(9-13)6-5-14(18)19;;/h3-5,8-11,18H,6-7H2,1-2H3;2-4,7-10,17H,5-6H2,1H3,(H,18,19);;1H2/q;;+1;/p-1/t11-;10-;;/m11../s1. The number of aliphatic carboxylic acids is 1. The zero-order valence-corrected chi connectivity index (χ0v) is 23.7. The van der Waals surface area contributed by atoms with Gasteiger partial charge in [-0.05, 0) is 48.2 Å². The summed E-state index contributed by atoms with van der Waals surface area (Å²) in [4.78, 5) is 21.6. The van der Waals surface area contributed by atoms with E-state index in [1.807, 2.05) is 60.9 Å². The van der Waals surface area contributed by atoms with Crippen LogP contribution in [0.5, 0.6) is 0 Å². The zero-order valence-electron chi connectivity index (χ0n) is 23.7. The molecule has 0 aliphatic carbocycles. The summed E-state index contributed by atoms with van der Waals surface area (Å²) in [6.45, 7) is 4.29. The number of aliphatic hydroxyl groups is 2. The second-order valence-electron chi connectivity index (χ2n) is 9.06. The monoisotopic (exact) mass is 558 g/mol. The summed E-state index contributed by atoms with van der Waals surface area (Å²) in [5, 5.41) is 36.1. The van der Waals surface area contributed by atoms with Gasteiger partial charge >= 0.3 is 30.8 Å². The number of rotatable bonds is 10. The minimum absolute atomic E-state index is 0. The van der Waals surface area contributed by atoms with E-state index in [9.17, 15) is 19.8 Å². The summed E-state index contributed by atoms with van der Waals surface area (Å²) < 4.78 is 7.92. The van der Waals surface area contributed by atoms with Crippen LogP contribution in [-0.4, -0.2) is 59.4 Å². The van der Waals surface area contributed by atoms with Gasteiger partial charge in [-0.2, -0.15) is 10.2 Å². The number of aliphatic hydroxyl groups excluding tert-OH is 2. The van der Waals surface area contributed by atoms with E-state index < -0.39 is 18.2 Å². The fourth-order valence-electron chi connectivity index (χ4n) is 3.74. The average Bonchev–Trinajstić information content (AvgIpc) is 3.61. The Labute approximate surface area is 250 Å². The second kappa shape index (κ2) is 17.2. The quantitative estimate of drug-likeness (QED) is 0.190. The van der Waals surface area contributed by atoms with E-state index in [1.54, 1.807) is 35.6 Å². The third kappa shape index (κ3) is 11.0. The number of hydrogen-bond donors (Lipinski definition) is 3. The summed E-state index contributed by atoms with van der Waals surface area (Å²) in [5.41, 5.74) is 5.53. The van der Waals surface area contributed by atoms with Gasteiger partial charge in [-0.1, -0.05) is 36.4 Å². The molecule has 2 aromatic carbocycles. The topological polar surface area (TPSA) is 170 Å². The Morgan fingerprint density at radius 2 is 1.24 bits per heavy atom. The fourth-order valence-corrected chi connectivity index (χ4v) is 3.74. The van der Waals surface area contributed by atoms with Gasteiger partial charge in [-0.15, -0.1) is 0 Å². The Kier molecular flexibility index (Phi) is 14.8. The van der Waals surface area contributed by atoms with Crippen molar-refractivity contribution in [2.75, 3.05) is 7.11 Å². The molecule has 2 aromatic heterocycles. The third-order valence-electron chi connectivity index (χ3n) is 6.00. The zero-order chi connectivity index (χ0) is 28.4. The Hall–Kier alpha value is -3.72. The molecule has 0 amide bonds. The Morgan fingerprint density at radius 1 is 0.805 bits per heavy atom. The largest absolute Gasteiger partial charge is 1.00 e. The second-order valence-corrected chi connectivity index (χ2v) is 9.06. The van der Waals surface area contributed by atoms with Crippen LogP contribution in [0.3, 0.4) is 0 Å². The fraction of sp³-hybridized carbons (Fsp3) is 0.310. The number of carbonyl (C=O) groups excluding carboxylic acids is 1. The van der Waals surface area contributed by atoms with E-state index in [0.717, 1.165) is 33.4 Å². The summed E-state index contributed by atoms with van der Waals surface area (Å²) in [5.74, 6) is -1.09. The number of aryl methyl sites for hydroxylation is 2. The Morgan fingerprint density at radius 3 is 1.63 bits per heavy atom. The molecule has 2 atom stereocenters. The molecule has 4 aromatic rings. The van der Waals surface area contributed by atoms with Crippen molar-refractivity contribution in [2.24, 2.45) is 0 Å². The van der Waals surface area contributed by atoms with E-state index in [1.165, 1.54) is 7.11 Å². The van der Waals surface area contributed by atoms with Crippen molar-refractivity contribution < 1.29 is 54.0 Å². The molecule has 214 valence electrons. The maximum atomic E-state index is 11.1. The molecule has 0 saturated carbocycles. The molecule has 2 heterocycles.